The van der Waals surface area contributed by atoms with Crippen molar-refractivity contribution in [1.29, 1.82) is 0 Å². The number of amides is 1. The molecule has 50 valence electrons. The first-order chi connectivity index (χ1) is 4.77. The van der Waals surface area contributed by atoms with Crippen LogP contribution in [0.25, 0.3) is 0 Å². The van der Waals surface area contributed by atoms with Crippen LogP contribution in [0.3, 0.4) is 0 Å². The molecule has 0 aliphatic carbocycles. The van der Waals surface area contributed by atoms with Crippen molar-refractivity contribution in [3.63, 3.8) is 0 Å². The van der Waals surface area contributed by atoms with Gasteiger partial charge in [-0.2, -0.15) is 0 Å². The van der Waals surface area contributed by atoms with Crippen molar-refractivity contribution in [2.75, 3.05) is 0 Å². The lowest BCUT2D eigenvalue weighted by atomic mass is 10.4. The van der Waals surface area contributed by atoms with Crippen LogP contribution in [0.5, 0.6) is 0 Å². The van der Waals surface area contributed by atoms with E-state index in [2.05, 4.69) is 23.7 Å². The molecule has 2 nitrogen and oxygen atoms in total. The minimum absolute atomic E-state index is 0.501. The molecule has 0 saturated heterocycles. The Morgan fingerprint density at radius 2 is 2.20 bits per heavy atom. The highest BCUT2D eigenvalue weighted by atomic mass is 16.1. The maximum Gasteiger partial charge on any atom is 0.242 e. The Morgan fingerprint density at radius 1 is 1.50 bits per heavy atom. The lowest BCUT2D eigenvalue weighted by Gasteiger charge is -1.70. The highest BCUT2D eigenvalue weighted by Gasteiger charge is 1.75. The molecule has 0 saturated carbocycles. The monoisotopic (exact) mass is 133 g/mol. The molecular weight excluding hydrogens is 126 g/mol. The van der Waals surface area contributed by atoms with Crippen LogP contribution in [0.2, 0.25) is 0 Å². The van der Waals surface area contributed by atoms with E-state index in [1.54, 1.807) is 6.92 Å². The summed E-state index contributed by atoms with van der Waals surface area (Å²) in [4.78, 5) is 10.1. The maximum atomic E-state index is 10.1. The summed E-state index contributed by atoms with van der Waals surface area (Å²) >= 11 is 0. The Balaban J connectivity index is 3.83. The number of hydrogen-bond donors (Lipinski definition) is 1. The fourth-order valence-corrected chi connectivity index (χ4v) is 0.264. The Bertz CT molecular complexity index is 254. The summed E-state index contributed by atoms with van der Waals surface area (Å²) < 4.78 is 0. The lowest BCUT2D eigenvalue weighted by Crippen LogP contribution is -2.04. The molecule has 0 atom stereocenters. The van der Waals surface area contributed by atoms with Crippen LogP contribution >= 0.6 is 0 Å². The zero-order valence-electron chi connectivity index (χ0n) is 5.64. The number of hydrogen-bond acceptors (Lipinski definition) is 1. The molecule has 10 heavy (non-hydrogen) atoms. The van der Waals surface area contributed by atoms with Gasteiger partial charge in [0.05, 0.1) is 0 Å². The number of carbonyl (C=O) groups is 1. The molecule has 0 radical (unpaired) electrons. The van der Waals surface area contributed by atoms with Gasteiger partial charge in [0.1, 0.15) is 0 Å². The van der Waals surface area contributed by atoms with E-state index in [-0.39, 0.29) is 0 Å². The van der Waals surface area contributed by atoms with Crippen molar-refractivity contribution in [2.45, 2.75) is 6.92 Å². The molecule has 0 aliphatic rings. The van der Waals surface area contributed by atoms with E-state index in [9.17, 15) is 4.79 Å². The van der Waals surface area contributed by atoms with Crippen molar-refractivity contribution >= 4 is 5.91 Å². The van der Waals surface area contributed by atoms with Crippen LogP contribution in [0.4, 0.5) is 0 Å². The summed E-state index contributed by atoms with van der Waals surface area (Å²) in [5, 5.41) is 0. The third kappa shape index (κ3) is 6.33. The summed E-state index contributed by atoms with van der Waals surface area (Å²) in [5.41, 5.74) is 4.78. The number of primary amides is 1. The second-order valence-electron chi connectivity index (χ2n) is 1.38. The molecule has 1 amide bonds. The zero-order valence-corrected chi connectivity index (χ0v) is 5.64. The lowest BCUT2D eigenvalue weighted by molar-refractivity contribution is -0.113. The maximum absolute atomic E-state index is 10.1. The SMILES string of the molecule is CC#CC#CC=CC(N)=O. The molecule has 2 heteroatoms. The summed E-state index contributed by atoms with van der Waals surface area (Å²) in [6, 6.07) is 0. The first-order valence-corrected chi connectivity index (χ1v) is 2.65. The molecule has 0 spiro atoms. The zero-order chi connectivity index (χ0) is 7.82. The second-order valence-corrected chi connectivity index (χ2v) is 1.38. The minimum Gasteiger partial charge on any atom is -0.366 e. The van der Waals surface area contributed by atoms with Gasteiger partial charge in [0.25, 0.3) is 0 Å². The van der Waals surface area contributed by atoms with E-state index in [0.717, 1.165) is 0 Å². The summed E-state index contributed by atoms with van der Waals surface area (Å²) in [7, 11) is 0. The predicted octanol–water partition coefficient (Wildman–Crippen LogP) is 0.0546. The van der Waals surface area contributed by atoms with Crippen molar-refractivity contribution in [1.82, 2.24) is 0 Å². The van der Waals surface area contributed by atoms with Gasteiger partial charge in [0.15, 0.2) is 0 Å². The number of rotatable bonds is 1. The molecule has 0 unspecified atom stereocenters. The van der Waals surface area contributed by atoms with E-state index in [0.29, 0.717) is 0 Å². The van der Waals surface area contributed by atoms with E-state index < -0.39 is 5.91 Å². The second kappa shape index (κ2) is 5.47. The molecule has 0 rings (SSSR count). The van der Waals surface area contributed by atoms with Gasteiger partial charge in [-0.1, -0.05) is 11.8 Å². The van der Waals surface area contributed by atoms with Crippen molar-refractivity contribution in [3.8, 4) is 23.7 Å². The first kappa shape index (κ1) is 8.33. The van der Waals surface area contributed by atoms with E-state index in [1.807, 2.05) is 0 Å². The van der Waals surface area contributed by atoms with E-state index in [1.165, 1.54) is 12.2 Å². The number of carbonyl (C=O) groups excluding carboxylic acids is 1. The number of allylic oxidation sites excluding steroid dienone is 1. The highest BCUT2D eigenvalue weighted by molar-refractivity contribution is 5.86. The Morgan fingerprint density at radius 3 is 2.70 bits per heavy atom. The highest BCUT2D eigenvalue weighted by Crippen LogP contribution is 1.65. The molecule has 0 aromatic heterocycles. The summed E-state index contributed by atoms with van der Waals surface area (Å²) in [5.74, 6) is 9.59. The predicted molar refractivity (Wildman–Crippen MR) is 39.6 cm³/mol. The Labute approximate surface area is 60.1 Å². The van der Waals surface area contributed by atoms with E-state index >= 15 is 0 Å². The summed E-state index contributed by atoms with van der Waals surface area (Å²) in [6.45, 7) is 1.69. The molecule has 0 aromatic rings. The van der Waals surface area contributed by atoms with Crippen molar-refractivity contribution in [3.05, 3.63) is 12.2 Å². The van der Waals surface area contributed by atoms with Gasteiger partial charge in [-0.15, -0.1) is 0 Å². The van der Waals surface area contributed by atoms with Gasteiger partial charge in [0, 0.05) is 6.08 Å². The van der Waals surface area contributed by atoms with Crippen LogP contribution in [-0.4, -0.2) is 5.91 Å². The van der Waals surface area contributed by atoms with Gasteiger partial charge < -0.3 is 5.73 Å². The van der Waals surface area contributed by atoms with Crippen LogP contribution in [0.15, 0.2) is 12.2 Å². The van der Waals surface area contributed by atoms with Gasteiger partial charge in [-0.05, 0) is 24.8 Å². The topological polar surface area (TPSA) is 43.1 Å². The molecule has 2 N–H and O–H groups in total. The molecular formula is C8H7NO. The smallest absolute Gasteiger partial charge is 0.242 e. The Kier molecular flexibility index (Phi) is 4.55. The van der Waals surface area contributed by atoms with Crippen molar-refractivity contribution < 1.29 is 4.79 Å². The van der Waals surface area contributed by atoms with Crippen LogP contribution < -0.4 is 5.73 Å². The minimum atomic E-state index is -0.501. The average molecular weight is 133 g/mol. The first-order valence-electron chi connectivity index (χ1n) is 2.65. The fourth-order valence-electron chi connectivity index (χ4n) is 0.264. The third-order valence-corrected chi connectivity index (χ3v) is 0.591. The average Bonchev–Trinajstić information content (AvgIpc) is 1.87. The van der Waals surface area contributed by atoms with Crippen LogP contribution in [0, 0.1) is 23.7 Å². The quantitative estimate of drug-likeness (QED) is 0.398. The molecule has 0 aromatic carbocycles. The third-order valence-electron chi connectivity index (χ3n) is 0.591. The van der Waals surface area contributed by atoms with Gasteiger partial charge in [-0.25, -0.2) is 0 Å². The Hall–Kier alpha value is -1.67. The van der Waals surface area contributed by atoms with E-state index in [4.69, 9.17) is 5.73 Å². The molecule has 0 fully saturated rings. The van der Waals surface area contributed by atoms with Gasteiger partial charge in [-0.3, -0.25) is 4.79 Å². The molecule has 0 bridgehead atoms. The normalized spacial score (nSPS) is 7.30. The van der Waals surface area contributed by atoms with Crippen LogP contribution in [0.1, 0.15) is 6.92 Å². The standard InChI is InChI=1S/C8H7NO/c1-2-3-4-5-6-7-8(9)10/h6-7H,1H3,(H2,9,10). The number of nitrogens with two attached hydrogens (primary N) is 1. The van der Waals surface area contributed by atoms with Crippen LogP contribution in [-0.2, 0) is 4.79 Å². The fraction of sp³-hybridized carbons (Fsp3) is 0.125. The largest absolute Gasteiger partial charge is 0.366 e. The van der Waals surface area contributed by atoms with Crippen molar-refractivity contribution in [2.24, 2.45) is 5.73 Å². The van der Waals surface area contributed by atoms with Gasteiger partial charge >= 0.3 is 0 Å². The molecule has 0 aliphatic heterocycles. The van der Waals surface area contributed by atoms with Gasteiger partial charge in [0.2, 0.25) is 5.91 Å². The summed E-state index contributed by atoms with van der Waals surface area (Å²) in [6.07, 6.45) is 2.55. The molecule has 0 heterocycles.